The summed E-state index contributed by atoms with van der Waals surface area (Å²) in [4.78, 5) is 4.52. The van der Waals surface area contributed by atoms with E-state index in [1.807, 2.05) is 0 Å². The van der Waals surface area contributed by atoms with Crippen molar-refractivity contribution in [1.29, 1.82) is 0 Å². The van der Waals surface area contributed by atoms with Crippen molar-refractivity contribution in [2.45, 2.75) is 6.61 Å². The number of furan rings is 1. The van der Waals surface area contributed by atoms with E-state index in [0.29, 0.717) is 28.6 Å². The van der Waals surface area contributed by atoms with Crippen LogP contribution in [0.2, 0.25) is 0 Å². The van der Waals surface area contributed by atoms with Crippen LogP contribution in [0.1, 0.15) is 5.56 Å². The van der Waals surface area contributed by atoms with Crippen molar-refractivity contribution in [3.05, 3.63) is 72.4 Å². The highest BCUT2D eigenvalue weighted by Gasteiger charge is 2.16. The van der Waals surface area contributed by atoms with Crippen molar-refractivity contribution in [2.75, 3.05) is 0 Å². The number of fused-ring (bicyclic) bond motifs is 1. The number of nitrogens with zero attached hydrogens (tertiary/aromatic N) is 4. The van der Waals surface area contributed by atoms with E-state index in [-0.39, 0.29) is 12.4 Å². The molecule has 0 saturated heterocycles. The molecule has 3 heterocycles. The molecular weight excluding hydrogens is 323 g/mol. The van der Waals surface area contributed by atoms with Crippen molar-refractivity contribution in [3.63, 3.8) is 0 Å². The summed E-state index contributed by atoms with van der Waals surface area (Å²) in [6, 6.07) is 12.9. The van der Waals surface area contributed by atoms with Crippen LogP contribution in [-0.2, 0) is 6.61 Å². The third kappa shape index (κ3) is 2.92. The lowest BCUT2D eigenvalue weighted by atomic mass is 10.3. The zero-order valence-corrected chi connectivity index (χ0v) is 13.0. The maximum Gasteiger partial charge on any atom is 0.190 e. The molecule has 0 saturated carbocycles. The molecule has 1 N–H and O–H groups in total. The number of hydrogen-bond acceptors (Lipinski definition) is 5. The molecule has 3 aromatic heterocycles. The number of rotatable bonds is 4. The van der Waals surface area contributed by atoms with Crippen LogP contribution in [0.15, 0.2) is 75.6 Å². The van der Waals surface area contributed by atoms with Crippen molar-refractivity contribution in [3.8, 4) is 11.5 Å². The van der Waals surface area contributed by atoms with E-state index in [2.05, 4.69) is 15.2 Å². The van der Waals surface area contributed by atoms with E-state index in [1.165, 1.54) is 12.1 Å². The number of imidazole rings is 1. The summed E-state index contributed by atoms with van der Waals surface area (Å²) in [6.45, 7) is -0.0837. The van der Waals surface area contributed by atoms with E-state index in [1.54, 1.807) is 53.3 Å². The number of azo groups is 1. The van der Waals surface area contributed by atoms with Gasteiger partial charge < -0.3 is 9.52 Å². The number of halogens is 1. The molecule has 0 spiro atoms. The van der Waals surface area contributed by atoms with E-state index in [9.17, 15) is 9.50 Å². The lowest BCUT2D eigenvalue weighted by Crippen LogP contribution is -1.88. The minimum Gasteiger partial charge on any atom is -0.463 e. The zero-order chi connectivity index (χ0) is 17.2. The summed E-state index contributed by atoms with van der Waals surface area (Å²) < 4.78 is 20.5. The van der Waals surface area contributed by atoms with Crippen LogP contribution < -0.4 is 0 Å². The van der Waals surface area contributed by atoms with Crippen LogP contribution in [0.25, 0.3) is 17.1 Å². The van der Waals surface area contributed by atoms with Crippen molar-refractivity contribution in [1.82, 2.24) is 9.38 Å². The largest absolute Gasteiger partial charge is 0.463 e. The van der Waals surface area contributed by atoms with Gasteiger partial charge in [-0.1, -0.05) is 6.07 Å². The molecule has 25 heavy (non-hydrogen) atoms. The molecule has 0 bridgehead atoms. The van der Waals surface area contributed by atoms with Gasteiger partial charge >= 0.3 is 0 Å². The van der Waals surface area contributed by atoms with Crippen LogP contribution in [-0.4, -0.2) is 14.5 Å². The number of hydrogen-bond donors (Lipinski definition) is 1. The summed E-state index contributed by atoms with van der Waals surface area (Å²) in [5.41, 5.74) is 2.25. The average Bonchev–Trinajstić information content (AvgIpc) is 3.27. The molecule has 0 atom stereocenters. The Labute approximate surface area is 141 Å². The fraction of sp³-hybridized carbons (Fsp3) is 0.0556. The molecule has 6 nitrogen and oxygen atoms in total. The van der Waals surface area contributed by atoms with Gasteiger partial charge in [0, 0.05) is 12.3 Å². The predicted molar refractivity (Wildman–Crippen MR) is 89.4 cm³/mol. The summed E-state index contributed by atoms with van der Waals surface area (Å²) in [5, 5.41) is 17.7. The van der Waals surface area contributed by atoms with Gasteiger partial charge in [-0.3, -0.25) is 4.40 Å². The predicted octanol–water partition coefficient (Wildman–Crippen LogP) is 4.64. The van der Waals surface area contributed by atoms with Gasteiger partial charge in [-0.15, -0.1) is 10.2 Å². The minimum atomic E-state index is -0.381. The van der Waals surface area contributed by atoms with Crippen molar-refractivity contribution >= 4 is 17.2 Å². The molecule has 7 heteroatoms. The first-order chi connectivity index (χ1) is 12.2. The Morgan fingerprint density at radius 3 is 2.80 bits per heavy atom. The first-order valence-electron chi connectivity index (χ1n) is 7.57. The van der Waals surface area contributed by atoms with Gasteiger partial charge in [0.05, 0.1) is 18.6 Å². The molecule has 124 valence electrons. The highest BCUT2D eigenvalue weighted by atomic mass is 19.1. The topological polar surface area (TPSA) is 75.4 Å². The van der Waals surface area contributed by atoms with Crippen molar-refractivity contribution in [2.24, 2.45) is 10.2 Å². The Kier molecular flexibility index (Phi) is 3.83. The summed E-state index contributed by atoms with van der Waals surface area (Å²) in [5.74, 6) is 0.620. The molecule has 0 aliphatic rings. The van der Waals surface area contributed by atoms with Gasteiger partial charge in [-0.05, 0) is 42.0 Å². The van der Waals surface area contributed by atoms with E-state index in [0.717, 1.165) is 5.56 Å². The Morgan fingerprint density at radius 1 is 1.12 bits per heavy atom. The summed E-state index contributed by atoms with van der Waals surface area (Å²) >= 11 is 0. The van der Waals surface area contributed by atoms with E-state index in [4.69, 9.17) is 4.42 Å². The van der Waals surface area contributed by atoms with Gasteiger partial charge in [0.25, 0.3) is 0 Å². The Bertz CT molecular complexity index is 1050. The normalized spacial score (nSPS) is 11.6. The molecule has 4 rings (SSSR count). The molecule has 0 aliphatic heterocycles. The van der Waals surface area contributed by atoms with Gasteiger partial charge in [-0.25, -0.2) is 9.37 Å². The van der Waals surface area contributed by atoms with Crippen LogP contribution >= 0.6 is 0 Å². The maximum atomic E-state index is 13.3. The number of aliphatic hydroxyl groups excluding tert-OH is 1. The maximum absolute atomic E-state index is 13.3. The second-order valence-electron chi connectivity index (χ2n) is 5.36. The molecule has 0 amide bonds. The third-order valence-electron chi connectivity index (χ3n) is 3.67. The second kappa shape index (κ2) is 6.29. The number of benzene rings is 1. The van der Waals surface area contributed by atoms with Gasteiger partial charge in [0.15, 0.2) is 17.3 Å². The fourth-order valence-electron chi connectivity index (χ4n) is 2.49. The standard InChI is InChI=1S/C18H13FN4O2/c19-13-3-1-4-14(10-13)21-22-18-17(15-5-2-8-25-15)20-16-9-12(11-24)6-7-23(16)18/h1-10,24H,11H2. The summed E-state index contributed by atoms with van der Waals surface area (Å²) in [7, 11) is 0. The lowest BCUT2D eigenvalue weighted by molar-refractivity contribution is 0.282. The minimum absolute atomic E-state index is 0.0837. The Hall–Kier alpha value is -3.32. The van der Waals surface area contributed by atoms with E-state index >= 15 is 0 Å². The molecule has 0 aliphatic carbocycles. The number of pyridine rings is 1. The first-order valence-corrected chi connectivity index (χ1v) is 7.57. The molecule has 4 aromatic rings. The van der Waals surface area contributed by atoms with Crippen LogP contribution in [0.4, 0.5) is 15.9 Å². The Balaban J connectivity index is 1.86. The first kappa shape index (κ1) is 15.2. The van der Waals surface area contributed by atoms with Crippen LogP contribution in [0, 0.1) is 5.82 Å². The molecular formula is C18H13FN4O2. The molecule has 0 unspecified atom stereocenters. The monoisotopic (exact) mass is 336 g/mol. The van der Waals surface area contributed by atoms with Crippen LogP contribution in [0.5, 0.6) is 0 Å². The number of aliphatic hydroxyl groups is 1. The third-order valence-corrected chi connectivity index (χ3v) is 3.67. The summed E-state index contributed by atoms with van der Waals surface area (Å²) in [6.07, 6.45) is 3.30. The molecule has 0 radical (unpaired) electrons. The average molecular weight is 336 g/mol. The molecule has 1 aromatic carbocycles. The lowest BCUT2D eigenvalue weighted by Gasteiger charge is -1.99. The highest BCUT2D eigenvalue weighted by Crippen LogP contribution is 2.32. The van der Waals surface area contributed by atoms with Crippen LogP contribution in [0.3, 0.4) is 0 Å². The SMILES string of the molecule is OCc1ccn2c(N=Nc3cccc(F)c3)c(-c3ccco3)nc2c1. The van der Waals surface area contributed by atoms with Gasteiger partial charge in [0.2, 0.25) is 0 Å². The smallest absolute Gasteiger partial charge is 0.190 e. The second-order valence-corrected chi connectivity index (χ2v) is 5.36. The van der Waals surface area contributed by atoms with Crippen molar-refractivity contribution < 1.29 is 13.9 Å². The quantitative estimate of drug-likeness (QED) is 0.552. The number of aromatic nitrogens is 2. The van der Waals surface area contributed by atoms with Gasteiger partial charge in [0.1, 0.15) is 11.5 Å². The fourth-order valence-corrected chi connectivity index (χ4v) is 2.49. The van der Waals surface area contributed by atoms with E-state index < -0.39 is 0 Å². The van der Waals surface area contributed by atoms with Gasteiger partial charge in [-0.2, -0.15) is 0 Å². The molecule has 0 fully saturated rings. The Morgan fingerprint density at radius 2 is 2.04 bits per heavy atom. The zero-order valence-electron chi connectivity index (χ0n) is 13.0. The highest BCUT2D eigenvalue weighted by molar-refractivity contribution is 5.71.